The molecular formula is C13H20N2O3S. The van der Waals surface area contributed by atoms with Crippen LogP contribution in [0.1, 0.15) is 36.4 Å². The quantitative estimate of drug-likeness (QED) is 0.751. The van der Waals surface area contributed by atoms with E-state index in [1.54, 1.807) is 25.2 Å². The van der Waals surface area contributed by atoms with Gasteiger partial charge in [0, 0.05) is 9.75 Å². The summed E-state index contributed by atoms with van der Waals surface area (Å²) in [6.07, 6.45) is 0.703. The largest absolute Gasteiger partial charge is 0.480 e. The molecule has 0 bridgehead atoms. The number of rotatable bonds is 6. The molecule has 0 unspecified atom stereocenters. The van der Waals surface area contributed by atoms with Crippen molar-refractivity contribution in [2.45, 2.75) is 45.7 Å². The van der Waals surface area contributed by atoms with Crippen molar-refractivity contribution in [3.8, 4) is 0 Å². The van der Waals surface area contributed by atoms with Crippen LogP contribution >= 0.6 is 11.3 Å². The van der Waals surface area contributed by atoms with Crippen LogP contribution in [-0.4, -0.2) is 22.6 Å². The molecule has 2 amide bonds. The van der Waals surface area contributed by atoms with Crippen molar-refractivity contribution in [1.29, 1.82) is 0 Å². The molecule has 0 aromatic carbocycles. The third-order valence-corrected chi connectivity index (χ3v) is 4.19. The lowest BCUT2D eigenvalue weighted by molar-refractivity contribution is -0.144. The van der Waals surface area contributed by atoms with Crippen molar-refractivity contribution < 1.29 is 14.7 Å². The van der Waals surface area contributed by atoms with Crippen LogP contribution in [0.2, 0.25) is 0 Å². The number of carbonyl (C=O) groups is 2. The second kappa shape index (κ2) is 6.56. The summed E-state index contributed by atoms with van der Waals surface area (Å²) < 4.78 is 0. The molecule has 0 fully saturated rings. The average molecular weight is 284 g/mol. The number of hydrogen-bond donors (Lipinski definition) is 3. The van der Waals surface area contributed by atoms with Gasteiger partial charge in [-0.2, -0.15) is 0 Å². The highest BCUT2D eigenvalue weighted by atomic mass is 32.1. The minimum Gasteiger partial charge on any atom is -0.480 e. The van der Waals surface area contributed by atoms with Crippen LogP contribution in [-0.2, 0) is 11.3 Å². The molecule has 0 aliphatic rings. The number of hydrogen-bond acceptors (Lipinski definition) is 3. The molecule has 0 atom stereocenters. The molecule has 3 N–H and O–H groups in total. The lowest BCUT2D eigenvalue weighted by atomic mass is 9.93. The Labute approximate surface area is 117 Å². The first-order chi connectivity index (χ1) is 8.93. The zero-order chi connectivity index (χ0) is 14.5. The van der Waals surface area contributed by atoms with Gasteiger partial charge in [-0.05, 0) is 31.9 Å². The fourth-order valence-electron chi connectivity index (χ4n) is 1.79. The minimum absolute atomic E-state index is 0.352. The smallest absolute Gasteiger partial charge is 0.329 e. The van der Waals surface area contributed by atoms with Crippen molar-refractivity contribution >= 4 is 23.3 Å². The van der Waals surface area contributed by atoms with Gasteiger partial charge in [-0.25, -0.2) is 9.59 Å². The van der Waals surface area contributed by atoms with E-state index >= 15 is 0 Å². The van der Waals surface area contributed by atoms with E-state index in [0.717, 1.165) is 4.88 Å². The maximum atomic E-state index is 11.8. The summed E-state index contributed by atoms with van der Waals surface area (Å²) in [7, 11) is 0. The molecule has 0 spiro atoms. The molecule has 0 radical (unpaired) electrons. The Morgan fingerprint density at radius 3 is 2.37 bits per heavy atom. The number of urea groups is 1. The fourth-order valence-corrected chi connectivity index (χ4v) is 2.62. The fraction of sp³-hybridized carbons (Fsp3) is 0.538. The van der Waals surface area contributed by atoms with Crippen molar-refractivity contribution in [1.82, 2.24) is 10.6 Å². The zero-order valence-corrected chi connectivity index (χ0v) is 12.3. The van der Waals surface area contributed by atoms with Gasteiger partial charge in [0.05, 0.1) is 6.54 Å². The van der Waals surface area contributed by atoms with E-state index in [1.165, 1.54) is 4.88 Å². The van der Waals surface area contributed by atoms with Crippen LogP contribution in [0, 0.1) is 6.92 Å². The minimum atomic E-state index is -1.19. The predicted molar refractivity (Wildman–Crippen MR) is 75.4 cm³/mol. The van der Waals surface area contributed by atoms with Crippen molar-refractivity contribution in [2.75, 3.05) is 0 Å². The first-order valence-corrected chi connectivity index (χ1v) is 7.10. The van der Waals surface area contributed by atoms with Crippen LogP contribution in [0.3, 0.4) is 0 Å². The number of carboxylic acid groups (broad SMARTS) is 1. The molecule has 5 nitrogen and oxygen atoms in total. The van der Waals surface area contributed by atoms with E-state index in [0.29, 0.717) is 19.4 Å². The molecular weight excluding hydrogens is 264 g/mol. The molecule has 0 aliphatic carbocycles. The molecule has 1 aromatic rings. The topological polar surface area (TPSA) is 78.4 Å². The Kier molecular flexibility index (Phi) is 5.35. The molecule has 1 heterocycles. The number of carbonyl (C=O) groups excluding carboxylic acids is 1. The van der Waals surface area contributed by atoms with Crippen LogP contribution in [0.15, 0.2) is 12.1 Å². The summed E-state index contributed by atoms with van der Waals surface area (Å²) in [5.41, 5.74) is -1.19. The van der Waals surface area contributed by atoms with Crippen LogP contribution in [0.5, 0.6) is 0 Å². The SMILES string of the molecule is CCC(CC)(NC(=O)NCc1ccc(C)s1)C(=O)O. The number of nitrogens with one attached hydrogen (secondary N) is 2. The van der Waals surface area contributed by atoms with Gasteiger partial charge in [-0.15, -0.1) is 11.3 Å². The Morgan fingerprint density at radius 1 is 1.32 bits per heavy atom. The molecule has 0 saturated carbocycles. The number of thiophene rings is 1. The van der Waals surface area contributed by atoms with E-state index in [9.17, 15) is 14.7 Å². The van der Waals surface area contributed by atoms with Crippen molar-refractivity contribution in [3.63, 3.8) is 0 Å². The van der Waals surface area contributed by atoms with E-state index < -0.39 is 17.5 Å². The van der Waals surface area contributed by atoms with Crippen LogP contribution < -0.4 is 10.6 Å². The maximum absolute atomic E-state index is 11.8. The summed E-state index contributed by atoms with van der Waals surface area (Å²) in [6.45, 7) is 5.91. The van der Waals surface area contributed by atoms with E-state index in [2.05, 4.69) is 10.6 Å². The second-order valence-electron chi connectivity index (χ2n) is 4.41. The summed E-state index contributed by atoms with van der Waals surface area (Å²) in [5, 5.41) is 14.5. The number of carboxylic acids is 1. The summed E-state index contributed by atoms with van der Waals surface area (Å²) in [4.78, 5) is 25.3. The first kappa shape index (κ1) is 15.5. The average Bonchev–Trinajstić information content (AvgIpc) is 2.79. The highest BCUT2D eigenvalue weighted by Gasteiger charge is 2.36. The summed E-state index contributed by atoms with van der Waals surface area (Å²) in [5.74, 6) is -1.00. The van der Waals surface area contributed by atoms with Gasteiger partial charge in [0.1, 0.15) is 5.54 Å². The van der Waals surface area contributed by atoms with Gasteiger partial charge in [-0.1, -0.05) is 13.8 Å². The molecule has 1 aromatic heterocycles. The van der Waals surface area contributed by atoms with Crippen LogP contribution in [0.25, 0.3) is 0 Å². The Bertz CT molecular complexity index is 452. The van der Waals surface area contributed by atoms with Crippen molar-refractivity contribution in [3.05, 3.63) is 21.9 Å². The molecule has 0 saturated heterocycles. The Hall–Kier alpha value is -1.56. The first-order valence-electron chi connectivity index (χ1n) is 6.28. The molecule has 6 heteroatoms. The van der Waals surface area contributed by atoms with Gasteiger partial charge in [0.25, 0.3) is 0 Å². The molecule has 106 valence electrons. The van der Waals surface area contributed by atoms with Crippen molar-refractivity contribution in [2.24, 2.45) is 0 Å². The normalized spacial score (nSPS) is 11.1. The Balaban J connectivity index is 2.56. The third kappa shape index (κ3) is 3.96. The van der Waals surface area contributed by atoms with Gasteiger partial charge in [-0.3, -0.25) is 0 Å². The van der Waals surface area contributed by atoms with Gasteiger partial charge < -0.3 is 15.7 Å². The summed E-state index contributed by atoms with van der Waals surface area (Å²) in [6, 6.07) is 3.49. The molecule has 0 aliphatic heterocycles. The van der Waals surface area contributed by atoms with Gasteiger partial charge in [0.15, 0.2) is 0 Å². The summed E-state index contributed by atoms with van der Waals surface area (Å²) >= 11 is 1.61. The number of aliphatic carboxylic acids is 1. The highest BCUT2D eigenvalue weighted by molar-refractivity contribution is 7.11. The number of aryl methyl sites for hydroxylation is 1. The Morgan fingerprint density at radius 2 is 1.95 bits per heavy atom. The monoisotopic (exact) mass is 284 g/mol. The van der Waals surface area contributed by atoms with Gasteiger partial charge >= 0.3 is 12.0 Å². The molecule has 1 rings (SSSR count). The third-order valence-electron chi connectivity index (χ3n) is 3.19. The molecule has 19 heavy (non-hydrogen) atoms. The standard InChI is InChI=1S/C13H20N2O3S/c1-4-13(5-2,11(16)17)15-12(18)14-8-10-7-6-9(3)19-10/h6-7H,4-5,8H2,1-3H3,(H,16,17)(H2,14,15,18). The van der Waals surface area contributed by atoms with Crippen LogP contribution in [0.4, 0.5) is 4.79 Å². The second-order valence-corrected chi connectivity index (χ2v) is 5.79. The zero-order valence-electron chi connectivity index (χ0n) is 11.4. The maximum Gasteiger partial charge on any atom is 0.329 e. The lowest BCUT2D eigenvalue weighted by Gasteiger charge is -2.27. The van der Waals surface area contributed by atoms with E-state index in [4.69, 9.17) is 0 Å². The highest BCUT2D eigenvalue weighted by Crippen LogP contribution is 2.16. The van der Waals surface area contributed by atoms with E-state index in [1.807, 2.05) is 19.1 Å². The number of amides is 2. The lowest BCUT2D eigenvalue weighted by Crippen LogP contribution is -2.56. The van der Waals surface area contributed by atoms with Gasteiger partial charge in [0.2, 0.25) is 0 Å². The predicted octanol–water partition coefficient (Wildman–Crippen LogP) is 2.50. The van der Waals surface area contributed by atoms with E-state index in [-0.39, 0.29) is 0 Å².